The Morgan fingerprint density at radius 2 is 1.66 bits per heavy atom. The highest BCUT2D eigenvalue weighted by Crippen LogP contribution is 2.25. The third-order valence-electron chi connectivity index (χ3n) is 7.52. The standard InChI is InChI=1S/C32H40FN3O2/c1-2-3-10-21-35(32(38)27-17-19-28(33)20-18-27)25-31(37)36(29-14-8-5-9-15-29)24-30-16-11-22-34(30)23-26-12-6-4-7-13-26/h4,6-7,11-13,16-20,22,29H,2-3,5,8-10,14-15,21,23-25H2,1H3. The van der Waals surface area contributed by atoms with Crippen LogP contribution in [0.1, 0.15) is 79.9 Å². The van der Waals surface area contributed by atoms with Gasteiger partial charge in [0.2, 0.25) is 5.91 Å². The van der Waals surface area contributed by atoms with Gasteiger partial charge in [-0.05, 0) is 61.2 Å². The Morgan fingerprint density at radius 1 is 0.921 bits per heavy atom. The zero-order chi connectivity index (χ0) is 26.7. The molecule has 1 fully saturated rings. The van der Waals surface area contributed by atoms with Crippen LogP contribution in [0.3, 0.4) is 0 Å². The molecule has 38 heavy (non-hydrogen) atoms. The molecular formula is C32H40FN3O2. The van der Waals surface area contributed by atoms with E-state index < -0.39 is 0 Å². The molecule has 0 N–H and O–H groups in total. The van der Waals surface area contributed by atoms with Gasteiger partial charge in [0.05, 0.1) is 6.54 Å². The van der Waals surface area contributed by atoms with Crippen molar-refractivity contribution in [3.8, 4) is 0 Å². The number of unbranched alkanes of at least 4 members (excludes halogenated alkanes) is 2. The number of aromatic nitrogens is 1. The van der Waals surface area contributed by atoms with Crippen molar-refractivity contribution in [3.05, 3.63) is 95.6 Å². The minimum absolute atomic E-state index is 0.0173. The van der Waals surface area contributed by atoms with Crippen LogP contribution in [0.5, 0.6) is 0 Å². The van der Waals surface area contributed by atoms with Crippen molar-refractivity contribution in [2.45, 2.75) is 77.4 Å². The molecule has 0 spiro atoms. The molecule has 2 aromatic carbocycles. The van der Waals surface area contributed by atoms with E-state index in [1.807, 2.05) is 29.2 Å². The van der Waals surface area contributed by atoms with Crippen LogP contribution in [-0.4, -0.2) is 45.3 Å². The molecule has 5 nitrogen and oxygen atoms in total. The number of nitrogens with zero attached hydrogens (tertiary/aromatic N) is 3. The first-order valence-electron chi connectivity index (χ1n) is 14.1. The number of hydrogen-bond donors (Lipinski definition) is 0. The third-order valence-corrected chi connectivity index (χ3v) is 7.52. The van der Waals surface area contributed by atoms with Crippen molar-refractivity contribution in [1.29, 1.82) is 0 Å². The average Bonchev–Trinajstić information content (AvgIpc) is 3.38. The van der Waals surface area contributed by atoms with Gasteiger partial charge in [-0.25, -0.2) is 4.39 Å². The molecule has 1 aliphatic carbocycles. The summed E-state index contributed by atoms with van der Waals surface area (Å²) in [6, 6.07) is 20.2. The second-order valence-corrected chi connectivity index (χ2v) is 10.4. The number of benzene rings is 2. The van der Waals surface area contributed by atoms with E-state index in [4.69, 9.17) is 0 Å². The molecule has 1 aromatic heterocycles. The largest absolute Gasteiger partial charge is 0.345 e. The van der Waals surface area contributed by atoms with Crippen molar-refractivity contribution in [2.75, 3.05) is 13.1 Å². The lowest BCUT2D eigenvalue weighted by Crippen LogP contribution is -2.47. The molecule has 0 saturated heterocycles. The molecular weight excluding hydrogens is 477 g/mol. The zero-order valence-electron chi connectivity index (χ0n) is 22.5. The van der Waals surface area contributed by atoms with Gasteiger partial charge in [-0.2, -0.15) is 0 Å². The molecule has 0 bridgehead atoms. The van der Waals surface area contributed by atoms with Gasteiger partial charge in [-0.15, -0.1) is 0 Å². The number of carbonyl (C=O) groups is 2. The predicted molar refractivity (Wildman–Crippen MR) is 149 cm³/mol. The SMILES string of the molecule is CCCCCN(CC(=O)N(Cc1cccn1Cc1ccccc1)C1CCCCC1)C(=O)c1ccc(F)cc1. The van der Waals surface area contributed by atoms with E-state index in [-0.39, 0.29) is 30.2 Å². The lowest BCUT2D eigenvalue weighted by atomic mass is 9.94. The molecule has 202 valence electrons. The van der Waals surface area contributed by atoms with Crippen LogP contribution >= 0.6 is 0 Å². The van der Waals surface area contributed by atoms with E-state index in [1.54, 1.807) is 4.90 Å². The predicted octanol–water partition coefficient (Wildman–Crippen LogP) is 6.67. The second kappa shape index (κ2) is 13.9. The molecule has 6 heteroatoms. The highest BCUT2D eigenvalue weighted by Gasteiger charge is 2.29. The summed E-state index contributed by atoms with van der Waals surface area (Å²) < 4.78 is 15.7. The second-order valence-electron chi connectivity index (χ2n) is 10.4. The molecule has 2 amide bonds. The molecule has 0 unspecified atom stereocenters. The van der Waals surface area contributed by atoms with Gasteiger partial charge in [-0.3, -0.25) is 9.59 Å². The number of hydrogen-bond acceptors (Lipinski definition) is 2. The maximum atomic E-state index is 13.9. The van der Waals surface area contributed by atoms with Gasteiger partial charge in [-0.1, -0.05) is 69.4 Å². The minimum Gasteiger partial charge on any atom is -0.345 e. The summed E-state index contributed by atoms with van der Waals surface area (Å²) in [5, 5.41) is 0. The van der Waals surface area contributed by atoms with Crippen LogP contribution in [0.15, 0.2) is 72.9 Å². The van der Waals surface area contributed by atoms with Crippen LogP contribution < -0.4 is 0 Å². The molecule has 0 atom stereocenters. The van der Waals surface area contributed by atoms with Gasteiger partial charge in [0, 0.05) is 36.6 Å². The van der Waals surface area contributed by atoms with Crippen molar-refractivity contribution < 1.29 is 14.0 Å². The monoisotopic (exact) mass is 517 g/mol. The van der Waals surface area contributed by atoms with E-state index in [0.717, 1.165) is 57.2 Å². The van der Waals surface area contributed by atoms with Crippen LogP contribution in [0.2, 0.25) is 0 Å². The van der Waals surface area contributed by atoms with E-state index in [1.165, 1.54) is 36.2 Å². The fourth-order valence-electron chi connectivity index (χ4n) is 5.35. The first kappa shape index (κ1) is 27.6. The smallest absolute Gasteiger partial charge is 0.254 e. The highest BCUT2D eigenvalue weighted by atomic mass is 19.1. The molecule has 3 aromatic rings. The Labute approximate surface area is 226 Å². The molecule has 1 aliphatic rings. The van der Waals surface area contributed by atoms with Crippen molar-refractivity contribution >= 4 is 11.8 Å². The van der Waals surface area contributed by atoms with Crippen LogP contribution in [0.4, 0.5) is 4.39 Å². The Hall–Kier alpha value is -3.41. The summed E-state index contributed by atoms with van der Waals surface area (Å²) in [6.45, 7) is 3.94. The Kier molecular flexibility index (Phi) is 10.1. The highest BCUT2D eigenvalue weighted by molar-refractivity contribution is 5.96. The average molecular weight is 518 g/mol. The number of halogens is 1. The van der Waals surface area contributed by atoms with Crippen LogP contribution in [-0.2, 0) is 17.9 Å². The summed E-state index contributed by atoms with van der Waals surface area (Å²) in [5.41, 5.74) is 2.72. The van der Waals surface area contributed by atoms with Crippen molar-refractivity contribution in [2.24, 2.45) is 0 Å². The number of carbonyl (C=O) groups excluding carboxylic acids is 2. The first-order chi connectivity index (χ1) is 18.5. The van der Waals surface area contributed by atoms with E-state index in [2.05, 4.69) is 35.9 Å². The summed E-state index contributed by atoms with van der Waals surface area (Å²) in [4.78, 5) is 31.0. The number of rotatable bonds is 12. The molecule has 1 heterocycles. The van der Waals surface area contributed by atoms with Gasteiger partial charge >= 0.3 is 0 Å². The van der Waals surface area contributed by atoms with Crippen molar-refractivity contribution in [1.82, 2.24) is 14.4 Å². The van der Waals surface area contributed by atoms with Gasteiger partial charge in [0.15, 0.2) is 0 Å². The fourth-order valence-corrected chi connectivity index (χ4v) is 5.35. The topological polar surface area (TPSA) is 45.6 Å². The maximum absolute atomic E-state index is 13.9. The van der Waals surface area contributed by atoms with E-state index in [0.29, 0.717) is 18.7 Å². The molecule has 0 radical (unpaired) electrons. The fraction of sp³-hybridized carbons (Fsp3) is 0.438. The summed E-state index contributed by atoms with van der Waals surface area (Å²) >= 11 is 0. The quantitative estimate of drug-likeness (QED) is 0.252. The summed E-state index contributed by atoms with van der Waals surface area (Å²) in [7, 11) is 0. The first-order valence-corrected chi connectivity index (χ1v) is 14.1. The van der Waals surface area contributed by atoms with E-state index >= 15 is 0 Å². The molecule has 4 rings (SSSR count). The van der Waals surface area contributed by atoms with Crippen molar-refractivity contribution in [3.63, 3.8) is 0 Å². The zero-order valence-corrected chi connectivity index (χ0v) is 22.5. The normalized spacial score (nSPS) is 13.8. The summed E-state index contributed by atoms with van der Waals surface area (Å²) in [6.07, 6.45) is 10.3. The number of amides is 2. The van der Waals surface area contributed by atoms with Crippen LogP contribution in [0.25, 0.3) is 0 Å². The third kappa shape index (κ3) is 7.56. The van der Waals surface area contributed by atoms with Gasteiger partial charge < -0.3 is 14.4 Å². The molecule has 0 aliphatic heterocycles. The maximum Gasteiger partial charge on any atom is 0.254 e. The Balaban J connectivity index is 1.54. The van der Waals surface area contributed by atoms with Crippen LogP contribution in [0, 0.1) is 5.82 Å². The lowest BCUT2D eigenvalue weighted by Gasteiger charge is -2.36. The Morgan fingerprint density at radius 3 is 2.37 bits per heavy atom. The minimum atomic E-state index is -0.378. The summed E-state index contributed by atoms with van der Waals surface area (Å²) in [5.74, 6) is -0.612. The van der Waals surface area contributed by atoms with Gasteiger partial charge in [0.1, 0.15) is 12.4 Å². The van der Waals surface area contributed by atoms with E-state index in [9.17, 15) is 14.0 Å². The molecule has 1 saturated carbocycles. The Bertz CT molecular complexity index is 1150. The van der Waals surface area contributed by atoms with Gasteiger partial charge in [0.25, 0.3) is 5.91 Å². The lowest BCUT2D eigenvalue weighted by molar-refractivity contribution is -0.135.